The Morgan fingerprint density at radius 3 is 2.41 bits per heavy atom. The van der Waals surface area contributed by atoms with Gasteiger partial charge in [0.25, 0.3) is 5.56 Å². The molecule has 118 valence electrons. The molecule has 1 heterocycles. The third kappa shape index (κ3) is 3.36. The number of ether oxygens (including phenoxy) is 1. The van der Waals surface area contributed by atoms with Crippen molar-refractivity contribution in [2.75, 3.05) is 7.11 Å². The van der Waals surface area contributed by atoms with Gasteiger partial charge in [-0.05, 0) is 50.6 Å². The van der Waals surface area contributed by atoms with Gasteiger partial charge >= 0.3 is 0 Å². The van der Waals surface area contributed by atoms with Gasteiger partial charge in [0, 0.05) is 23.2 Å². The number of benzene rings is 1. The van der Waals surface area contributed by atoms with Crippen molar-refractivity contribution in [2.45, 2.75) is 39.3 Å². The van der Waals surface area contributed by atoms with Gasteiger partial charge in [-0.15, -0.1) is 0 Å². The Balaban J connectivity index is 2.59. The van der Waals surface area contributed by atoms with E-state index in [1.54, 1.807) is 13.2 Å². The first-order chi connectivity index (χ1) is 10.4. The average molecular weight is 301 g/mol. The smallest absolute Gasteiger partial charge is 0.271 e. The maximum Gasteiger partial charge on any atom is 0.271 e. The molecule has 0 aliphatic heterocycles. The lowest BCUT2D eigenvalue weighted by Gasteiger charge is -2.20. The van der Waals surface area contributed by atoms with Crippen molar-refractivity contribution in [3.63, 3.8) is 0 Å². The molecule has 0 aliphatic carbocycles. The van der Waals surface area contributed by atoms with E-state index >= 15 is 0 Å². The molecule has 0 spiro atoms. The van der Waals surface area contributed by atoms with Gasteiger partial charge in [-0.25, -0.2) is 4.68 Å². The van der Waals surface area contributed by atoms with Gasteiger partial charge in [0.1, 0.15) is 5.75 Å². The predicted molar refractivity (Wildman–Crippen MR) is 88.0 cm³/mol. The molecular formula is C17H23N3O2. The number of hydrogen-bond acceptors (Lipinski definition) is 4. The number of nitrogens with zero attached hydrogens (tertiary/aromatic N) is 2. The van der Waals surface area contributed by atoms with Gasteiger partial charge in [0.2, 0.25) is 0 Å². The molecule has 5 heteroatoms. The number of aromatic nitrogens is 2. The quantitative estimate of drug-likeness (QED) is 0.921. The van der Waals surface area contributed by atoms with Crippen LogP contribution in [0.25, 0.3) is 11.3 Å². The van der Waals surface area contributed by atoms with Crippen molar-refractivity contribution in [3.05, 3.63) is 46.2 Å². The van der Waals surface area contributed by atoms with Crippen LogP contribution in [-0.4, -0.2) is 16.9 Å². The third-order valence-corrected chi connectivity index (χ3v) is 3.49. The van der Waals surface area contributed by atoms with Crippen LogP contribution in [0, 0.1) is 0 Å². The van der Waals surface area contributed by atoms with Gasteiger partial charge in [-0.3, -0.25) is 4.79 Å². The largest absolute Gasteiger partial charge is 0.497 e. The summed E-state index contributed by atoms with van der Waals surface area (Å²) < 4.78 is 6.67. The van der Waals surface area contributed by atoms with Crippen LogP contribution in [0.1, 0.15) is 32.8 Å². The summed E-state index contributed by atoms with van der Waals surface area (Å²) in [6.45, 7) is 6.25. The molecule has 1 aromatic carbocycles. The molecule has 0 radical (unpaired) electrons. The van der Waals surface area contributed by atoms with Crippen LogP contribution in [-0.2, 0) is 12.1 Å². The second kappa shape index (κ2) is 6.32. The minimum atomic E-state index is -0.712. The molecule has 22 heavy (non-hydrogen) atoms. The molecule has 0 bridgehead atoms. The maximum atomic E-state index is 12.5. The van der Waals surface area contributed by atoms with Crippen molar-refractivity contribution in [2.24, 2.45) is 5.73 Å². The van der Waals surface area contributed by atoms with Crippen molar-refractivity contribution < 1.29 is 4.74 Å². The van der Waals surface area contributed by atoms with Crippen LogP contribution in [0.3, 0.4) is 0 Å². The van der Waals surface area contributed by atoms with Crippen molar-refractivity contribution in [1.29, 1.82) is 0 Å². The lowest BCUT2D eigenvalue weighted by molar-refractivity contribution is 0.415. The molecule has 0 atom stereocenters. The summed E-state index contributed by atoms with van der Waals surface area (Å²) in [4.78, 5) is 12.5. The fourth-order valence-corrected chi connectivity index (χ4v) is 2.27. The average Bonchev–Trinajstić information content (AvgIpc) is 2.48. The van der Waals surface area contributed by atoms with Gasteiger partial charge in [0.05, 0.1) is 12.8 Å². The van der Waals surface area contributed by atoms with E-state index in [4.69, 9.17) is 10.5 Å². The molecule has 0 saturated carbocycles. The topological polar surface area (TPSA) is 70.1 Å². The lowest BCUT2D eigenvalue weighted by atomic mass is 9.96. The molecule has 0 aliphatic rings. The minimum Gasteiger partial charge on any atom is -0.497 e. The van der Waals surface area contributed by atoms with Crippen LogP contribution in [0.2, 0.25) is 0 Å². The molecule has 5 nitrogen and oxygen atoms in total. The highest BCUT2D eigenvalue weighted by Gasteiger charge is 2.21. The van der Waals surface area contributed by atoms with Gasteiger partial charge in [0.15, 0.2) is 0 Å². The highest BCUT2D eigenvalue weighted by Crippen LogP contribution is 2.23. The van der Waals surface area contributed by atoms with E-state index in [0.29, 0.717) is 12.1 Å². The molecule has 1 aromatic heterocycles. The zero-order valence-electron chi connectivity index (χ0n) is 13.6. The molecular weight excluding hydrogens is 278 g/mol. The van der Waals surface area contributed by atoms with Gasteiger partial charge in [-0.2, -0.15) is 5.10 Å². The molecule has 2 aromatic rings. The van der Waals surface area contributed by atoms with Gasteiger partial charge in [-0.1, -0.05) is 6.92 Å². The molecule has 0 amide bonds. The molecule has 2 rings (SSSR count). The monoisotopic (exact) mass is 301 g/mol. The minimum absolute atomic E-state index is 0.119. The number of methoxy groups -OCH3 is 1. The zero-order chi connectivity index (χ0) is 16.3. The highest BCUT2D eigenvalue weighted by molar-refractivity contribution is 5.60. The number of nitrogens with two attached hydrogens (primary N) is 1. The van der Waals surface area contributed by atoms with Crippen LogP contribution >= 0.6 is 0 Å². The van der Waals surface area contributed by atoms with Gasteiger partial charge < -0.3 is 10.5 Å². The summed E-state index contributed by atoms with van der Waals surface area (Å²) in [6.07, 6.45) is 0.837. The number of rotatable bonds is 5. The summed E-state index contributed by atoms with van der Waals surface area (Å²) in [7, 11) is 1.63. The highest BCUT2D eigenvalue weighted by atomic mass is 16.5. The van der Waals surface area contributed by atoms with Crippen molar-refractivity contribution >= 4 is 0 Å². The van der Waals surface area contributed by atoms with Crippen molar-refractivity contribution in [3.8, 4) is 17.0 Å². The second-order valence-electron chi connectivity index (χ2n) is 5.92. The fraction of sp³-hybridized carbons (Fsp3) is 0.412. The number of aryl methyl sites for hydroxylation is 1. The molecule has 0 saturated heterocycles. The Morgan fingerprint density at radius 1 is 1.27 bits per heavy atom. The lowest BCUT2D eigenvalue weighted by Crippen LogP contribution is -2.39. The predicted octanol–water partition coefficient (Wildman–Crippen LogP) is 2.52. The first-order valence-corrected chi connectivity index (χ1v) is 7.42. The third-order valence-electron chi connectivity index (χ3n) is 3.49. The molecule has 2 N–H and O–H groups in total. The fourth-order valence-electron chi connectivity index (χ4n) is 2.27. The van der Waals surface area contributed by atoms with E-state index < -0.39 is 5.54 Å². The summed E-state index contributed by atoms with van der Waals surface area (Å²) in [5.74, 6) is 0.782. The zero-order valence-corrected chi connectivity index (χ0v) is 13.6. The van der Waals surface area contributed by atoms with Crippen LogP contribution in [0.4, 0.5) is 0 Å². The first-order valence-electron chi connectivity index (χ1n) is 7.42. The Kier molecular flexibility index (Phi) is 4.66. The van der Waals surface area contributed by atoms with Crippen LogP contribution in [0.15, 0.2) is 35.1 Å². The second-order valence-corrected chi connectivity index (χ2v) is 5.92. The summed E-state index contributed by atoms with van der Waals surface area (Å²) >= 11 is 0. The van der Waals surface area contributed by atoms with E-state index in [1.165, 1.54) is 4.68 Å². The first kappa shape index (κ1) is 16.2. The maximum absolute atomic E-state index is 12.5. The van der Waals surface area contributed by atoms with Crippen LogP contribution < -0.4 is 16.0 Å². The molecule has 0 unspecified atom stereocenters. The summed E-state index contributed by atoms with van der Waals surface area (Å²) in [6, 6.07) is 9.39. The van der Waals surface area contributed by atoms with E-state index in [1.807, 2.05) is 45.0 Å². The normalized spacial score (nSPS) is 11.5. The van der Waals surface area contributed by atoms with E-state index in [0.717, 1.165) is 23.4 Å². The standard InChI is InChI=1S/C17H23N3O2/c1-5-10-20-16(21)14(17(2,3)18)11-15(19-20)12-6-8-13(22-4)9-7-12/h6-9,11H,5,10,18H2,1-4H3. The Labute approximate surface area is 130 Å². The number of hydrogen-bond donors (Lipinski definition) is 1. The molecule has 0 fully saturated rings. The summed E-state index contributed by atoms with van der Waals surface area (Å²) in [5, 5.41) is 4.47. The van der Waals surface area contributed by atoms with E-state index in [2.05, 4.69) is 5.10 Å². The van der Waals surface area contributed by atoms with Crippen LogP contribution in [0.5, 0.6) is 5.75 Å². The van der Waals surface area contributed by atoms with E-state index in [-0.39, 0.29) is 5.56 Å². The Morgan fingerprint density at radius 2 is 1.91 bits per heavy atom. The Bertz CT molecular complexity index is 697. The van der Waals surface area contributed by atoms with E-state index in [9.17, 15) is 4.79 Å². The Hall–Kier alpha value is -2.14. The summed E-state index contributed by atoms with van der Waals surface area (Å²) in [5.41, 5.74) is 7.56. The SMILES string of the molecule is CCCn1nc(-c2ccc(OC)cc2)cc(C(C)(C)N)c1=O. The van der Waals surface area contributed by atoms with Crippen molar-refractivity contribution in [1.82, 2.24) is 9.78 Å².